The number of hydrogen-bond donors (Lipinski definition) is 1. The van der Waals surface area contributed by atoms with Gasteiger partial charge in [0.2, 0.25) is 5.91 Å². The number of amides is 3. The smallest absolute Gasteiger partial charge is 0.326 e. The van der Waals surface area contributed by atoms with Crippen LogP contribution in [0.4, 0.5) is 10.5 Å². The maximum Gasteiger partial charge on any atom is 0.326 e. The Morgan fingerprint density at radius 1 is 1.21 bits per heavy atom. The van der Waals surface area contributed by atoms with Crippen molar-refractivity contribution in [2.75, 3.05) is 19.6 Å². The number of non-ortho nitro benzene ring substituents is 1. The number of carbonyl (C=O) groups is 2. The number of carbonyl (C=O) groups excluding carboxylic acids is 2. The van der Waals surface area contributed by atoms with Crippen LogP contribution in [-0.4, -0.2) is 58.2 Å². The monoisotopic (exact) mass is 551 g/mol. The molecule has 0 aliphatic carbocycles. The molecule has 2 aliphatic heterocycles. The number of nitrogens with zero attached hydrogens (tertiary/aromatic N) is 4. The number of piperazine rings is 1. The Balaban J connectivity index is 1.70. The first-order chi connectivity index (χ1) is 18.7. The van der Waals surface area contributed by atoms with Gasteiger partial charge in [0.05, 0.1) is 41.2 Å². The minimum absolute atomic E-state index is 0.109. The Labute approximate surface area is 229 Å². The zero-order chi connectivity index (χ0) is 27.7. The van der Waals surface area contributed by atoms with Crippen LogP contribution in [0, 0.1) is 10.1 Å². The zero-order valence-corrected chi connectivity index (χ0v) is 22.0. The van der Waals surface area contributed by atoms with E-state index >= 15 is 0 Å². The van der Waals surface area contributed by atoms with Crippen molar-refractivity contribution in [3.05, 3.63) is 92.9 Å². The first-order valence-corrected chi connectivity index (χ1v) is 12.8. The van der Waals surface area contributed by atoms with Crippen molar-refractivity contribution in [3.8, 4) is 5.75 Å². The van der Waals surface area contributed by atoms with Crippen LogP contribution < -0.4 is 10.1 Å². The summed E-state index contributed by atoms with van der Waals surface area (Å²) < 4.78 is 11.4. The third kappa shape index (κ3) is 5.30. The number of benzene rings is 2. The molecule has 0 saturated carbocycles. The van der Waals surface area contributed by atoms with Crippen molar-refractivity contribution in [1.29, 1.82) is 0 Å². The van der Waals surface area contributed by atoms with Crippen LogP contribution in [0.3, 0.4) is 0 Å². The van der Waals surface area contributed by atoms with E-state index in [1.807, 2.05) is 12.1 Å². The summed E-state index contributed by atoms with van der Waals surface area (Å²) in [6.45, 7) is 4.13. The molecule has 12 heteroatoms. The summed E-state index contributed by atoms with van der Waals surface area (Å²) in [5.41, 5.74) is 1.74. The molecule has 2 aliphatic rings. The van der Waals surface area contributed by atoms with Gasteiger partial charge in [-0.25, -0.2) is 4.79 Å². The fourth-order valence-corrected chi connectivity index (χ4v) is 4.88. The predicted octanol–water partition coefficient (Wildman–Crippen LogP) is 4.73. The van der Waals surface area contributed by atoms with E-state index in [4.69, 9.17) is 25.7 Å². The number of nitro groups is 1. The summed E-state index contributed by atoms with van der Waals surface area (Å²) in [7, 11) is 0. The molecule has 5 rings (SSSR count). The lowest BCUT2D eigenvalue weighted by Crippen LogP contribution is -2.55. The normalized spacial score (nSPS) is 19.2. The van der Waals surface area contributed by atoms with E-state index in [0.717, 1.165) is 5.56 Å². The highest BCUT2D eigenvalue weighted by Gasteiger charge is 2.45. The predicted molar refractivity (Wildman–Crippen MR) is 143 cm³/mol. The van der Waals surface area contributed by atoms with Gasteiger partial charge in [-0.3, -0.25) is 24.8 Å². The van der Waals surface area contributed by atoms with Crippen LogP contribution in [0.1, 0.15) is 42.6 Å². The Bertz CT molecular complexity index is 1420. The SMILES string of the molecule is CC(C)Oc1cc([N+](=O)[O-])ccc1C1=N[C@@H](c2ccc(Cl)cc2)[C@@H](c2ccoc2)N1C(=O)N1CCNC(=O)C1. The van der Waals surface area contributed by atoms with Crippen molar-refractivity contribution in [2.45, 2.75) is 32.0 Å². The number of hydrogen-bond acceptors (Lipinski definition) is 7. The number of amidine groups is 1. The topological polar surface area (TPSA) is 131 Å². The molecule has 3 amide bonds. The molecule has 2 atom stereocenters. The highest BCUT2D eigenvalue weighted by molar-refractivity contribution is 6.30. The molecule has 1 fully saturated rings. The summed E-state index contributed by atoms with van der Waals surface area (Å²) in [4.78, 5) is 45.4. The molecule has 1 N–H and O–H groups in total. The van der Waals surface area contributed by atoms with Crippen molar-refractivity contribution in [2.24, 2.45) is 4.99 Å². The first-order valence-electron chi connectivity index (χ1n) is 12.4. The van der Waals surface area contributed by atoms with E-state index in [1.165, 1.54) is 34.3 Å². The summed E-state index contributed by atoms with van der Waals surface area (Å²) in [5, 5.41) is 14.8. The number of halogens is 1. The first kappa shape index (κ1) is 26.2. The lowest BCUT2D eigenvalue weighted by molar-refractivity contribution is -0.384. The highest BCUT2D eigenvalue weighted by Crippen LogP contribution is 2.45. The van der Waals surface area contributed by atoms with Gasteiger partial charge in [-0.15, -0.1) is 0 Å². The zero-order valence-electron chi connectivity index (χ0n) is 21.2. The molecule has 3 aromatic rings. The standard InChI is InChI=1S/C27H26ClN5O6/c1-16(2)39-22-13-20(33(36)37)7-8-21(22)26-30-24(17-3-5-19(28)6-4-17)25(18-9-12-38-15-18)32(26)27(35)31-11-10-29-23(34)14-31/h3-9,12-13,15-16,24-25H,10-11,14H2,1-2H3,(H,29,34)/t24-,25+/m0/s1. The molecular weight excluding hydrogens is 526 g/mol. The van der Waals surface area contributed by atoms with Gasteiger partial charge in [0, 0.05) is 29.7 Å². The molecule has 3 heterocycles. The number of aliphatic imine (C=N–C) groups is 1. The maximum atomic E-state index is 14.2. The van der Waals surface area contributed by atoms with Gasteiger partial charge in [0.15, 0.2) is 0 Å². The Morgan fingerprint density at radius 2 is 1.97 bits per heavy atom. The summed E-state index contributed by atoms with van der Waals surface area (Å²) in [6.07, 6.45) is 2.76. The van der Waals surface area contributed by atoms with E-state index < -0.39 is 23.0 Å². The third-order valence-electron chi connectivity index (χ3n) is 6.46. The number of ether oxygens (including phenoxy) is 1. The largest absolute Gasteiger partial charge is 0.490 e. The van der Waals surface area contributed by atoms with Crippen molar-refractivity contribution in [3.63, 3.8) is 0 Å². The Kier molecular flexibility index (Phi) is 7.25. The maximum absolute atomic E-state index is 14.2. The summed E-state index contributed by atoms with van der Waals surface area (Å²) in [6, 6.07) is 11.5. The molecular formula is C27H26ClN5O6. The second-order valence-corrected chi connectivity index (χ2v) is 9.92. The summed E-state index contributed by atoms with van der Waals surface area (Å²) in [5.74, 6) is 0.220. The Morgan fingerprint density at radius 3 is 2.62 bits per heavy atom. The number of rotatable bonds is 6. The molecule has 0 bridgehead atoms. The fraction of sp³-hybridized carbons (Fsp3) is 0.296. The molecule has 11 nitrogen and oxygen atoms in total. The van der Waals surface area contributed by atoms with Gasteiger partial charge < -0.3 is 19.4 Å². The second-order valence-electron chi connectivity index (χ2n) is 9.48. The average Bonchev–Trinajstić information content (AvgIpc) is 3.56. The minimum Gasteiger partial charge on any atom is -0.490 e. The minimum atomic E-state index is -0.639. The van der Waals surface area contributed by atoms with Gasteiger partial charge in [-0.1, -0.05) is 23.7 Å². The molecule has 0 unspecified atom stereocenters. The molecule has 202 valence electrons. The van der Waals surface area contributed by atoms with Gasteiger partial charge in [-0.05, 0) is 43.7 Å². The quantitative estimate of drug-likeness (QED) is 0.348. The fourth-order valence-electron chi connectivity index (χ4n) is 4.75. The van der Waals surface area contributed by atoms with Gasteiger partial charge in [-0.2, -0.15) is 0 Å². The van der Waals surface area contributed by atoms with Crippen LogP contribution >= 0.6 is 11.6 Å². The van der Waals surface area contributed by atoms with Crippen LogP contribution in [-0.2, 0) is 4.79 Å². The lowest BCUT2D eigenvalue weighted by Gasteiger charge is -2.35. The number of nitrogens with one attached hydrogen (secondary N) is 1. The van der Waals surface area contributed by atoms with E-state index in [2.05, 4.69) is 5.32 Å². The highest BCUT2D eigenvalue weighted by atomic mass is 35.5. The molecule has 1 aromatic heterocycles. The van der Waals surface area contributed by atoms with Crippen LogP contribution in [0.15, 0.2) is 70.5 Å². The number of furan rings is 1. The molecule has 39 heavy (non-hydrogen) atoms. The van der Waals surface area contributed by atoms with Crippen molar-refractivity contribution in [1.82, 2.24) is 15.1 Å². The van der Waals surface area contributed by atoms with Crippen LogP contribution in [0.5, 0.6) is 5.75 Å². The molecule has 0 radical (unpaired) electrons. The van der Waals surface area contributed by atoms with Gasteiger partial charge >= 0.3 is 6.03 Å². The van der Waals surface area contributed by atoms with Crippen molar-refractivity contribution < 1.29 is 23.7 Å². The average molecular weight is 552 g/mol. The van der Waals surface area contributed by atoms with E-state index in [1.54, 1.807) is 38.3 Å². The second kappa shape index (κ2) is 10.8. The molecule has 2 aromatic carbocycles. The van der Waals surface area contributed by atoms with Gasteiger partial charge in [0.1, 0.15) is 24.2 Å². The van der Waals surface area contributed by atoms with E-state index in [0.29, 0.717) is 29.2 Å². The number of nitro benzene ring substituents is 1. The van der Waals surface area contributed by atoms with Gasteiger partial charge in [0.25, 0.3) is 5.69 Å². The third-order valence-corrected chi connectivity index (χ3v) is 6.71. The molecule has 0 spiro atoms. The molecule has 1 saturated heterocycles. The van der Waals surface area contributed by atoms with E-state index in [-0.39, 0.29) is 35.8 Å². The van der Waals surface area contributed by atoms with Crippen molar-refractivity contribution >= 4 is 35.1 Å². The van der Waals surface area contributed by atoms with Crippen LogP contribution in [0.2, 0.25) is 5.02 Å². The van der Waals surface area contributed by atoms with Crippen LogP contribution in [0.25, 0.3) is 0 Å². The lowest BCUT2D eigenvalue weighted by atomic mass is 9.95. The van der Waals surface area contributed by atoms with E-state index in [9.17, 15) is 19.7 Å². The Hall–Kier alpha value is -4.38. The number of urea groups is 1. The summed E-state index contributed by atoms with van der Waals surface area (Å²) >= 11 is 6.15.